The number of hydrogen-bond acceptors (Lipinski definition) is 2. The van der Waals surface area contributed by atoms with Crippen LogP contribution in [0.15, 0.2) is 24.3 Å². The minimum Gasteiger partial charge on any atom is -0.343 e. The van der Waals surface area contributed by atoms with Crippen LogP contribution in [0, 0.1) is 3.57 Å². The van der Waals surface area contributed by atoms with Crippen molar-refractivity contribution < 1.29 is 4.79 Å². The third-order valence-electron chi connectivity index (χ3n) is 3.87. The van der Waals surface area contributed by atoms with Crippen molar-refractivity contribution in [3.63, 3.8) is 0 Å². The van der Waals surface area contributed by atoms with Crippen LogP contribution in [0.25, 0.3) is 0 Å². The van der Waals surface area contributed by atoms with Crippen molar-refractivity contribution in [2.24, 2.45) is 0 Å². The zero-order chi connectivity index (χ0) is 14.4. The van der Waals surface area contributed by atoms with Crippen LogP contribution in [-0.2, 0) is 4.79 Å². The van der Waals surface area contributed by atoms with Crippen LogP contribution in [0.4, 0.5) is 0 Å². The predicted molar refractivity (Wildman–Crippen MR) is 90.6 cm³/mol. The molecule has 110 valence electrons. The molecule has 2 rings (SSSR count). The highest BCUT2D eigenvalue weighted by Crippen LogP contribution is 2.14. The molecule has 4 heteroatoms. The highest BCUT2D eigenvalue weighted by Gasteiger charge is 2.16. The van der Waals surface area contributed by atoms with Crippen molar-refractivity contribution in [3.05, 3.63) is 33.4 Å². The lowest BCUT2D eigenvalue weighted by molar-refractivity contribution is -0.132. The molecule has 1 fully saturated rings. The summed E-state index contributed by atoms with van der Waals surface area (Å²) in [4.78, 5) is 14.1. The van der Waals surface area contributed by atoms with Crippen LogP contribution in [-0.4, -0.2) is 30.4 Å². The van der Waals surface area contributed by atoms with Crippen molar-refractivity contribution in [3.8, 4) is 0 Å². The maximum atomic E-state index is 12.0. The molecule has 1 saturated heterocycles. The number of nitrogens with one attached hydrogen (secondary N) is 1. The largest absolute Gasteiger partial charge is 0.343 e. The average Bonchev–Trinajstić information content (AvgIpc) is 2.48. The summed E-state index contributed by atoms with van der Waals surface area (Å²) < 4.78 is 1.25. The SMILES string of the molecule is CC(NCCC(=O)N1CCCCC1)c1ccc(I)cc1. The quantitative estimate of drug-likeness (QED) is 0.788. The van der Waals surface area contributed by atoms with E-state index in [9.17, 15) is 4.79 Å². The predicted octanol–water partition coefficient (Wildman–Crippen LogP) is 3.34. The first kappa shape index (κ1) is 15.8. The summed E-state index contributed by atoms with van der Waals surface area (Å²) in [5.74, 6) is 0.298. The summed E-state index contributed by atoms with van der Waals surface area (Å²) in [7, 11) is 0. The van der Waals surface area contributed by atoms with Gasteiger partial charge >= 0.3 is 0 Å². The fourth-order valence-corrected chi connectivity index (χ4v) is 2.93. The molecule has 0 bridgehead atoms. The van der Waals surface area contributed by atoms with Gasteiger partial charge in [0.15, 0.2) is 0 Å². The van der Waals surface area contributed by atoms with E-state index < -0.39 is 0 Å². The molecule has 1 unspecified atom stereocenters. The summed E-state index contributed by atoms with van der Waals surface area (Å²) in [6.45, 7) is 4.80. The van der Waals surface area contributed by atoms with Crippen LogP contribution in [0.5, 0.6) is 0 Å². The van der Waals surface area contributed by atoms with Gasteiger partial charge in [-0.3, -0.25) is 4.79 Å². The van der Waals surface area contributed by atoms with Gasteiger partial charge in [0.25, 0.3) is 0 Å². The summed E-state index contributed by atoms with van der Waals surface area (Å²) in [6, 6.07) is 8.82. The van der Waals surface area contributed by atoms with Gasteiger partial charge in [-0.05, 0) is 66.5 Å². The van der Waals surface area contributed by atoms with Gasteiger partial charge in [0.2, 0.25) is 5.91 Å². The number of carbonyl (C=O) groups is 1. The lowest BCUT2D eigenvalue weighted by Gasteiger charge is -2.27. The Kier molecular flexibility index (Phi) is 6.29. The van der Waals surface area contributed by atoms with Gasteiger partial charge in [-0.25, -0.2) is 0 Å². The minimum atomic E-state index is 0.293. The Bertz CT molecular complexity index is 427. The van der Waals surface area contributed by atoms with Crippen LogP contribution >= 0.6 is 22.6 Å². The van der Waals surface area contributed by atoms with Crippen LogP contribution < -0.4 is 5.32 Å². The number of piperidine rings is 1. The molecule has 0 saturated carbocycles. The summed E-state index contributed by atoms with van der Waals surface area (Å²) in [5, 5.41) is 3.44. The number of carbonyl (C=O) groups excluding carboxylic acids is 1. The third-order valence-corrected chi connectivity index (χ3v) is 4.59. The number of amides is 1. The van der Waals surface area contributed by atoms with E-state index in [4.69, 9.17) is 0 Å². The lowest BCUT2D eigenvalue weighted by Crippen LogP contribution is -2.37. The topological polar surface area (TPSA) is 32.3 Å². The molecule has 1 aromatic rings. The Morgan fingerprint density at radius 2 is 1.90 bits per heavy atom. The first-order valence-corrected chi connectivity index (χ1v) is 8.51. The van der Waals surface area contributed by atoms with Gasteiger partial charge in [0.1, 0.15) is 0 Å². The normalized spacial score (nSPS) is 17.0. The van der Waals surface area contributed by atoms with E-state index in [0.29, 0.717) is 18.4 Å². The van der Waals surface area contributed by atoms with Crippen LogP contribution in [0.2, 0.25) is 0 Å². The molecule has 1 heterocycles. The molecule has 1 aliphatic rings. The van der Waals surface area contributed by atoms with Gasteiger partial charge in [0, 0.05) is 35.7 Å². The second-order valence-corrected chi connectivity index (χ2v) is 6.66. The monoisotopic (exact) mass is 386 g/mol. The molecule has 1 atom stereocenters. The summed E-state index contributed by atoms with van der Waals surface area (Å²) in [5.41, 5.74) is 1.27. The molecule has 1 aromatic carbocycles. The summed E-state index contributed by atoms with van der Waals surface area (Å²) >= 11 is 2.31. The fraction of sp³-hybridized carbons (Fsp3) is 0.562. The van der Waals surface area contributed by atoms with Crippen LogP contribution in [0.3, 0.4) is 0 Å². The molecular formula is C16H23IN2O. The maximum absolute atomic E-state index is 12.0. The molecule has 0 radical (unpaired) electrons. The first-order chi connectivity index (χ1) is 9.66. The van der Waals surface area contributed by atoms with Gasteiger partial charge in [-0.1, -0.05) is 12.1 Å². The number of benzene rings is 1. The highest BCUT2D eigenvalue weighted by molar-refractivity contribution is 14.1. The zero-order valence-electron chi connectivity index (χ0n) is 12.1. The molecule has 1 amide bonds. The first-order valence-electron chi connectivity index (χ1n) is 7.43. The molecule has 20 heavy (non-hydrogen) atoms. The molecule has 0 aliphatic carbocycles. The second-order valence-electron chi connectivity index (χ2n) is 5.42. The van der Waals surface area contributed by atoms with Crippen molar-refractivity contribution in [1.82, 2.24) is 10.2 Å². The molecule has 0 spiro atoms. The second kappa shape index (κ2) is 7.98. The third kappa shape index (κ3) is 4.74. The molecular weight excluding hydrogens is 363 g/mol. The number of nitrogens with zero attached hydrogens (tertiary/aromatic N) is 1. The van der Waals surface area contributed by atoms with Gasteiger partial charge in [0.05, 0.1) is 0 Å². The maximum Gasteiger partial charge on any atom is 0.223 e. The fourth-order valence-electron chi connectivity index (χ4n) is 2.57. The molecule has 0 aromatic heterocycles. The minimum absolute atomic E-state index is 0.293. The Morgan fingerprint density at radius 1 is 1.25 bits per heavy atom. The van der Waals surface area contributed by atoms with Crippen LogP contribution in [0.1, 0.15) is 44.2 Å². The van der Waals surface area contributed by atoms with E-state index in [0.717, 1.165) is 32.5 Å². The van der Waals surface area contributed by atoms with Crippen molar-refractivity contribution in [1.29, 1.82) is 0 Å². The van der Waals surface area contributed by atoms with E-state index in [1.54, 1.807) is 0 Å². The van der Waals surface area contributed by atoms with E-state index in [-0.39, 0.29) is 0 Å². The van der Waals surface area contributed by atoms with Crippen molar-refractivity contribution in [2.45, 2.75) is 38.6 Å². The average molecular weight is 386 g/mol. The van der Waals surface area contributed by atoms with E-state index in [2.05, 4.69) is 59.1 Å². The highest BCUT2D eigenvalue weighted by atomic mass is 127. The van der Waals surface area contributed by atoms with Crippen molar-refractivity contribution >= 4 is 28.5 Å². The smallest absolute Gasteiger partial charge is 0.223 e. The van der Waals surface area contributed by atoms with Gasteiger partial charge in [-0.15, -0.1) is 0 Å². The Balaban J connectivity index is 1.72. The number of rotatable bonds is 5. The molecule has 1 N–H and O–H groups in total. The Hall–Kier alpha value is -0.620. The summed E-state index contributed by atoms with van der Waals surface area (Å²) in [6.07, 6.45) is 4.21. The van der Waals surface area contributed by atoms with Gasteiger partial charge in [-0.2, -0.15) is 0 Å². The molecule has 1 aliphatic heterocycles. The number of hydrogen-bond donors (Lipinski definition) is 1. The van der Waals surface area contributed by atoms with Crippen molar-refractivity contribution in [2.75, 3.05) is 19.6 Å². The van der Waals surface area contributed by atoms with E-state index in [1.165, 1.54) is 15.6 Å². The van der Waals surface area contributed by atoms with E-state index in [1.807, 2.05) is 4.90 Å². The number of halogens is 1. The molecule has 3 nitrogen and oxygen atoms in total. The lowest BCUT2D eigenvalue weighted by atomic mass is 10.1. The Morgan fingerprint density at radius 3 is 2.55 bits per heavy atom. The standard InChI is InChI=1S/C16H23IN2O/c1-13(14-5-7-15(17)8-6-14)18-10-9-16(20)19-11-3-2-4-12-19/h5-8,13,18H,2-4,9-12H2,1H3. The number of likely N-dealkylation sites (tertiary alicyclic amines) is 1. The zero-order valence-corrected chi connectivity index (χ0v) is 14.2. The Labute approximate surface area is 135 Å². The van der Waals surface area contributed by atoms with E-state index >= 15 is 0 Å². The van der Waals surface area contributed by atoms with Gasteiger partial charge < -0.3 is 10.2 Å².